The topological polar surface area (TPSA) is 89.5 Å². The smallest absolute Gasteiger partial charge is 0.333 e. The summed E-state index contributed by atoms with van der Waals surface area (Å²) < 4.78 is 37.4. The van der Waals surface area contributed by atoms with Crippen molar-refractivity contribution in [2.75, 3.05) is 26.4 Å². The van der Waals surface area contributed by atoms with Gasteiger partial charge in [0.2, 0.25) is 0 Å². The van der Waals surface area contributed by atoms with Crippen LogP contribution in [0, 0.1) is 39.4 Å². The van der Waals surface area contributed by atoms with E-state index in [0.29, 0.717) is 54.5 Å². The molecule has 0 spiro atoms. The van der Waals surface area contributed by atoms with E-state index in [9.17, 15) is 9.59 Å². The number of rotatable bonds is 32. The molecule has 0 bridgehead atoms. The van der Waals surface area contributed by atoms with Gasteiger partial charge in [-0.05, 0) is 207 Å². The molecule has 396 valence electrons. The summed E-state index contributed by atoms with van der Waals surface area (Å²) in [6.45, 7) is 57.5. The first-order valence-electron chi connectivity index (χ1n) is 26.7. The molecule has 0 aromatic rings. The molecule has 2 saturated carbocycles. The van der Waals surface area contributed by atoms with Crippen molar-refractivity contribution in [1.29, 1.82) is 0 Å². The van der Waals surface area contributed by atoms with Gasteiger partial charge in [-0.2, -0.15) is 0 Å². The van der Waals surface area contributed by atoms with Gasteiger partial charge in [0.1, 0.15) is 11.2 Å². The molecule has 8 heteroatoms. The van der Waals surface area contributed by atoms with Gasteiger partial charge in [0.05, 0.1) is 35.6 Å². The number of carbonyl (C=O) groups excluding carboxylic acids is 2. The number of ether oxygens (including phenoxy) is 6. The van der Waals surface area contributed by atoms with Crippen molar-refractivity contribution in [2.24, 2.45) is 39.4 Å². The molecular weight excluding hydrogens is 849 g/mol. The number of hydrogen-bond acceptors (Lipinski definition) is 8. The summed E-state index contributed by atoms with van der Waals surface area (Å²) >= 11 is 0. The summed E-state index contributed by atoms with van der Waals surface area (Å²) in [5, 5.41) is 0. The molecule has 2 aliphatic rings. The van der Waals surface area contributed by atoms with Gasteiger partial charge >= 0.3 is 11.9 Å². The van der Waals surface area contributed by atoms with Crippen LogP contribution in [0.15, 0.2) is 37.0 Å². The van der Waals surface area contributed by atoms with Crippen LogP contribution in [0.5, 0.6) is 0 Å². The van der Waals surface area contributed by atoms with Crippen LogP contribution < -0.4 is 0 Å². The Kier molecular flexibility index (Phi) is 22.1. The Morgan fingerprint density at radius 2 is 0.912 bits per heavy atom. The minimum absolute atomic E-state index is 0.0281. The molecule has 0 amide bonds. The van der Waals surface area contributed by atoms with Gasteiger partial charge in [-0.3, -0.25) is 0 Å². The molecule has 0 N–H and O–H groups in total. The lowest BCUT2D eigenvalue weighted by Gasteiger charge is -2.55. The Bertz CT molecular complexity index is 1650. The van der Waals surface area contributed by atoms with Crippen LogP contribution in [0.3, 0.4) is 0 Å². The third kappa shape index (κ3) is 19.9. The maximum Gasteiger partial charge on any atom is 0.333 e. The quantitative estimate of drug-likeness (QED) is 0.0285. The van der Waals surface area contributed by atoms with Crippen LogP contribution in [0.4, 0.5) is 0 Å². The summed E-state index contributed by atoms with van der Waals surface area (Å²) in [4.78, 5) is 24.1. The average Bonchev–Trinajstić information content (AvgIpc) is 3.14. The molecule has 0 aliphatic heterocycles. The van der Waals surface area contributed by atoms with Gasteiger partial charge in [0.25, 0.3) is 0 Å². The van der Waals surface area contributed by atoms with E-state index in [1.807, 2.05) is 27.7 Å². The second kappa shape index (κ2) is 24.1. The summed E-state index contributed by atoms with van der Waals surface area (Å²) in [7, 11) is 0. The Labute approximate surface area is 419 Å². The molecule has 2 rings (SSSR count). The van der Waals surface area contributed by atoms with Crippen molar-refractivity contribution >= 4 is 11.9 Å². The van der Waals surface area contributed by atoms with E-state index in [0.717, 1.165) is 70.5 Å². The van der Waals surface area contributed by atoms with Crippen LogP contribution in [-0.2, 0) is 38.0 Å². The molecule has 0 saturated heterocycles. The Morgan fingerprint density at radius 3 is 1.28 bits per heavy atom. The molecule has 3 unspecified atom stereocenters. The SMILES string of the molecule is C=CC1CC(C)(CC(C)(C)OCCCCC(C)(C)C(C)(C)OCCC(C)(C)OC(=O)C(=C)C)CCC1C1CC(C)(CC(C)(C)OCCCCC(C)(C)C(C)(C)OCCC(C)(C)OC(=O)C(=C)C)C1. The molecule has 0 radical (unpaired) electrons. The normalized spacial score (nSPS) is 23.4. The third-order valence-electron chi connectivity index (χ3n) is 16.9. The van der Waals surface area contributed by atoms with Gasteiger partial charge in [-0.15, -0.1) is 6.58 Å². The minimum atomic E-state index is -0.610. The van der Waals surface area contributed by atoms with Crippen molar-refractivity contribution in [1.82, 2.24) is 0 Å². The first kappa shape index (κ1) is 62.1. The van der Waals surface area contributed by atoms with Crippen molar-refractivity contribution in [3.63, 3.8) is 0 Å². The van der Waals surface area contributed by atoms with Gasteiger partial charge < -0.3 is 28.4 Å². The molecule has 0 aromatic carbocycles. The number of hydrogen-bond donors (Lipinski definition) is 0. The zero-order valence-corrected chi connectivity index (χ0v) is 48.1. The largest absolute Gasteiger partial charge is 0.456 e. The van der Waals surface area contributed by atoms with Crippen LogP contribution in [0.25, 0.3) is 0 Å². The number of esters is 2. The van der Waals surface area contributed by atoms with E-state index >= 15 is 0 Å². The molecule has 0 heterocycles. The van der Waals surface area contributed by atoms with E-state index in [1.165, 1.54) is 32.1 Å². The van der Waals surface area contributed by atoms with E-state index in [-0.39, 0.29) is 50.6 Å². The lowest BCUT2D eigenvalue weighted by Crippen LogP contribution is -2.47. The Hall–Kier alpha value is -2.00. The predicted molar refractivity (Wildman–Crippen MR) is 284 cm³/mol. The average molecular weight is 958 g/mol. The molecule has 3 atom stereocenters. The fourth-order valence-corrected chi connectivity index (χ4v) is 11.3. The molecule has 8 nitrogen and oxygen atoms in total. The maximum atomic E-state index is 12.1. The van der Waals surface area contributed by atoms with Crippen molar-refractivity contribution < 1.29 is 38.0 Å². The van der Waals surface area contributed by atoms with Crippen LogP contribution in [-0.4, -0.2) is 72.0 Å². The lowest BCUT2D eigenvalue weighted by molar-refractivity contribution is -0.158. The summed E-state index contributed by atoms with van der Waals surface area (Å²) in [6.07, 6.45) is 18.3. The zero-order chi connectivity index (χ0) is 52.4. The fourth-order valence-electron chi connectivity index (χ4n) is 11.3. The standard InChI is InChI=1S/C60H108O8/c1-24-46-39-59(22,42-55(14,15)63-35-27-25-30-51(6,7)57(18,19)65-37-33-53(10,11)67-49(61)44(2)3)32-29-48(46)47-40-60(23,41-47)43-56(16,17)64-36-28-26-31-52(8,9)58(20,21)66-38-34-54(12,13)68-50(62)45(4)5/h24,46-48H,1-2,4,25-43H2,3,5-23H3. The number of unbranched alkanes of at least 4 members (excludes halogenated alkanes) is 2. The van der Waals surface area contributed by atoms with E-state index in [4.69, 9.17) is 28.4 Å². The van der Waals surface area contributed by atoms with E-state index < -0.39 is 11.2 Å². The molecule has 68 heavy (non-hydrogen) atoms. The third-order valence-corrected chi connectivity index (χ3v) is 16.9. The van der Waals surface area contributed by atoms with Crippen molar-refractivity contribution in [2.45, 2.75) is 268 Å². The van der Waals surface area contributed by atoms with Crippen LogP contribution >= 0.6 is 0 Å². The molecular formula is C60H108O8. The Morgan fingerprint density at radius 1 is 0.529 bits per heavy atom. The molecule has 0 aromatic heterocycles. The lowest BCUT2D eigenvalue weighted by atomic mass is 9.51. The maximum absolute atomic E-state index is 12.1. The second-order valence-corrected chi connectivity index (χ2v) is 27.4. The highest BCUT2D eigenvalue weighted by Gasteiger charge is 2.51. The summed E-state index contributed by atoms with van der Waals surface area (Å²) in [5.41, 5.74) is -0.907. The zero-order valence-electron chi connectivity index (χ0n) is 48.1. The number of carbonyl (C=O) groups is 2. The monoisotopic (exact) mass is 957 g/mol. The number of allylic oxidation sites excluding steroid dienone is 1. The second-order valence-electron chi connectivity index (χ2n) is 27.4. The van der Waals surface area contributed by atoms with Crippen molar-refractivity contribution in [3.8, 4) is 0 Å². The predicted octanol–water partition coefficient (Wildman–Crippen LogP) is 15.9. The van der Waals surface area contributed by atoms with Gasteiger partial charge in [0.15, 0.2) is 0 Å². The van der Waals surface area contributed by atoms with Gasteiger partial charge in [-0.25, -0.2) is 9.59 Å². The molecule has 2 fully saturated rings. The highest BCUT2D eigenvalue weighted by atomic mass is 16.6. The molecule has 2 aliphatic carbocycles. The highest BCUT2D eigenvalue weighted by molar-refractivity contribution is 5.87. The van der Waals surface area contributed by atoms with Gasteiger partial charge in [0, 0.05) is 37.2 Å². The van der Waals surface area contributed by atoms with E-state index in [1.54, 1.807) is 13.8 Å². The van der Waals surface area contributed by atoms with Crippen LogP contribution in [0.2, 0.25) is 0 Å². The fraction of sp³-hybridized carbons (Fsp3) is 0.867. The van der Waals surface area contributed by atoms with E-state index in [2.05, 4.69) is 123 Å². The minimum Gasteiger partial charge on any atom is -0.456 e. The first-order valence-corrected chi connectivity index (χ1v) is 26.7. The first-order chi connectivity index (χ1) is 30.7. The van der Waals surface area contributed by atoms with Gasteiger partial charge in [-0.1, -0.05) is 73.6 Å². The Balaban J connectivity index is 1.76. The van der Waals surface area contributed by atoms with Crippen molar-refractivity contribution in [3.05, 3.63) is 37.0 Å². The summed E-state index contributed by atoms with van der Waals surface area (Å²) in [5.74, 6) is 1.31. The van der Waals surface area contributed by atoms with Crippen LogP contribution in [0.1, 0.15) is 235 Å². The summed E-state index contributed by atoms with van der Waals surface area (Å²) in [6, 6.07) is 0. The highest BCUT2D eigenvalue weighted by Crippen LogP contribution is 2.59.